The van der Waals surface area contributed by atoms with Crippen LogP contribution in [0.15, 0.2) is 61.7 Å². The van der Waals surface area contributed by atoms with Gasteiger partial charge in [0.2, 0.25) is 0 Å². The number of rotatable bonds is 20. The van der Waals surface area contributed by atoms with Crippen LogP contribution in [0, 0.1) is 0 Å². The van der Waals surface area contributed by atoms with Crippen molar-refractivity contribution in [2.24, 2.45) is 0 Å². The summed E-state index contributed by atoms with van der Waals surface area (Å²) in [5, 5.41) is 0. The van der Waals surface area contributed by atoms with E-state index in [0.717, 1.165) is 76.5 Å². The normalized spacial score (nSPS) is 12.0. The van der Waals surface area contributed by atoms with Gasteiger partial charge in [-0.2, -0.15) is 0 Å². The molecule has 0 unspecified atom stereocenters. The van der Waals surface area contributed by atoms with Crippen molar-refractivity contribution in [1.29, 1.82) is 0 Å². The van der Waals surface area contributed by atoms with Crippen LogP contribution in [0.1, 0.15) is 76.6 Å². The highest BCUT2D eigenvalue weighted by Gasteiger charge is 2.14. The molecule has 0 N–H and O–H groups in total. The summed E-state index contributed by atoms with van der Waals surface area (Å²) in [6.07, 6.45) is 7.42. The molecule has 0 aliphatic carbocycles. The maximum atomic E-state index is 6.25. The summed E-state index contributed by atoms with van der Waals surface area (Å²) in [6.45, 7) is 28.7. The van der Waals surface area contributed by atoms with Gasteiger partial charge in [-0.3, -0.25) is 0 Å². The van der Waals surface area contributed by atoms with Gasteiger partial charge in [-0.05, 0) is 110 Å². The average molecular weight is 547 g/mol. The fourth-order valence-electron chi connectivity index (χ4n) is 5.28. The lowest BCUT2D eigenvalue weighted by molar-refractivity contribution is 0.222. The van der Waals surface area contributed by atoms with E-state index in [1.807, 2.05) is 12.2 Å². The third kappa shape index (κ3) is 9.67. The topological polar surface area (TPSA) is 24.9 Å². The van der Waals surface area contributed by atoms with Crippen LogP contribution in [0.5, 0.6) is 11.5 Å². The highest BCUT2D eigenvalue weighted by Crippen LogP contribution is 2.35. The first-order chi connectivity index (χ1) is 19.5. The number of likely N-dealkylation sites (N-methyl/N-ethyl adjacent to an activating group) is 2. The lowest BCUT2D eigenvalue weighted by Gasteiger charge is -2.21. The molecule has 0 spiro atoms. The highest BCUT2D eigenvalue weighted by atomic mass is 16.5. The summed E-state index contributed by atoms with van der Waals surface area (Å²) < 4.78 is 12.5. The first-order valence-electron chi connectivity index (χ1n) is 15.4. The quantitative estimate of drug-likeness (QED) is 0.123. The Labute approximate surface area is 245 Å². The van der Waals surface area contributed by atoms with Crippen molar-refractivity contribution in [2.45, 2.75) is 67.2 Å². The van der Waals surface area contributed by atoms with E-state index in [-0.39, 0.29) is 0 Å². The molecule has 0 aliphatic heterocycles. The first kappa shape index (κ1) is 33.4. The van der Waals surface area contributed by atoms with Crippen molar-refractivity contribution in [2.75, 3.05) is 52.5 Å². The van der Waals surface area contributed by atoms with Crippen LogP contribution in [-0.4, -0.2) is 62.3 Å². The molecule has 0 fully saturated rings. The Morgan fingerprint density at radius 2 is 1.00 bits per heavy atom. The van der Waals surface area contributed by atoms with Crippen LogP contribution in [0.4, 0.5) is 0 Å². The molecule has 2 aromatic rings. The Morgan fingerprint density at radius 1 is 0.625 bits per heavy atom. The van der Waals surface area contributed by atoms with Crippen molar-refractivity contribution in [3.8, 4) is 11.5 Å². The zero-order valence-electron chi connectivity index (χ0n) is 26.2. The van der Waals surface area contributed by atoms with Crippen LogP contribution < -0.4 is 9.47 Å². The van der Waals surface area contributed by atoms with Crippen LogP contribution in [-0.2, 0) is 12.8 Å². The van der Waals surface area contributed by atoms with Gasteiger partial charge in [0.25, 0.3) is 0 Å². The fourth-order valence-corrected chi connectivity index (χ4v) is 5.28. The number of nitrogens with zero attached hydrogens (tertiary/aromatic N) is 2. The number of hydrogen-bond acceptors (Lipinski definition) is 4. The van der Waals surface area contributed by atoms with Crippen molar-refractivity contribution >= 4 is 11.1 Å². The van der Waals surface area contributed by atoms with Gasteiger partial charge >= 0.3 is 0 Å². The first-order valence-corrected chi connectivity index (χ1v) is 15.4. The molecule has 0 saturated heterocycles. The SMILES string of the molecule is C=CCc1cc(/C(CC)=C(/CC)c2ccc(OCCN(CC)CC)c(CC=C)c2)ccc1OCCN(CC)CC. The van der Waals surface area contributed by atoms with Crippen LogP contribution in [0.2, 0.25) is 0 Å². The monoisotopic (exact) mass is 546 g/mol. The minimum Gasteiger partial charge on any atom is -0.492 e. The van der Waals surface area contributed by atoms with E-state index in [1.54, 1.807) is 0 Å². The van der Waals surface area contributed by atoms with Crippen molar-refractivity contribution < 1.29 is 9.47 Å². The predicted molar refractivity (Wildman–Crippen MR) is 175 cm³/mol. The summed E-state index contributed by atoms with van der Waals surface area (Å²) in [5.41, 5.74) is 7.66. The summed E-state index contributed by atoms with van der Waals surface area (Å²) in [6, 6.07) is 13.4. The van der Waals surface area contributed by atoms with Crippen molar-refractivity contribution in [1.82, 2.24) is 9.80 Å². The molecule has 0 atom stereocenters. The zero-order chi connectivity index (χ0) is 29.3. The molecule has 0 saturated carbocycles. The fraction of sp³-hybridized carbons (Fsp3) is 0.500. The molecule has 2 rings (SSSR count). The number of hydrogen-bond donors (Lipinski definition) is 0. The molecule has 40 heavy (non-hydrogen) atoms. The van der Waals surface area contributed by atoms with Gasteiger partial charge in [-0.15, -0.1) is 13.2 Å². The van der Waals surface area contributed by atoms with Crippen molar-refractivity contribution in [3.63, 3.8) is 0 Å². The molecule has 0 aromatic heterocycles. The van der Waals surface area contributed by atoms with Gasteiger partial charge in [0.15, 0.2) is 0 Å². The van der Waals surface area contributed by atoms with Gasteiger partial charge in [-0.1, -0.05) is 65.8 Å². The van der Waals surface area contributed by atoms with E-state index in [1.165, 1.54) is 33.4 Å². The van der Waals surface area contributed by atoms with Crippen LogP contribution >= 0.6 is 0 Å². The Morgan fingerprint density at radius 3 is 1.30 bits per heavy atom. The van der Waals surface area contributed by atoms with E-state index in [2.05, 4.69) is 101 Å². The molecule has 4 nitrogen and oxygen atoms in total. The van der Waals surface area contributed by atoms with Gasteiger partial charge in [0, 0.05) is 13.1 Å². The third-order valence-electron chi connectivity index (χ3n) is 7.74. The Bertz CT molecular complexity index is 995. The lowest BCUT2D eigenvalue weighted by Crippen LogP contribution is -2.28. The number of benzene rings is 2. The molecular formula is C36H54N2O2. The zero-order valence-corrected chi connectivity index (χ0v) is 26.2. The molecule has 2 aromatic carbocycles. The second-order valence-corrected chi connectivity index (χ2v) is 10.0. The molecule has 0 radical (unpaired) electrons. The smallest absolute Gasteiger partial charge is 0.122 e. The predicted octanol–water partition coefficient (Wildman–Crippen LogP) is 8.32. The molecule has 0 bridgehead atoms. The van der Waals surface area contributed by atoms with E-state index in [4.69, 9.17) is 9.47 Å². The third-order valence-corrected chi connectivity index (χ3v) is 7.74. The van der Waals surface area contributed by atoms with Crippen molar-refractivity contribution in [3.05, 3.63) is 84.0 Å². The van der Waals surface area contributed by atoms with Crippen LogP contribution in [0.3, 0.4) is 0 Å². The minimum absolute atomic E-state index is 0.692. The Hall–Kier alpha value is -2.82. The van der Waals surface area contributed by atoms with Gasteiger partial charge in [0.05, 0.1) is 0 Å². The standard InChI is InChI=1S/C36H54N2O2/c1-9-17-31-27-29(19-21-35(31)39-25-23-37(13-5)14-6)33(11-3)34(12-4)30-20-22-36(32(28-30)18-10-2)40-26-24-38(15-7)16-8/h9-10,19-22,27-28H,1-2,11-18,23-26H2,3-8H3/b34-33-. The molecule has 220 valence electrons. The minimum atomic E-state index is 0.692. The van der Waals surface area contributed by atoms with Gasteiger partial charge in [-0.25, -0.2) is 0 Å². The highest BCUT2D eigenvalue weighted by molar-refractivity contribution is 5.91. The summed E-state index contributed by atoms with van der Waals surface area (Å²) >= 11 is 0. The Balaban J connectivity index is 2.39. The summed E-state index contributed by atoms with van der Waals surface area (Å²) in [4.78, 5) is 4.77. The van der Waals surface area contributed by atoms with E-state index in [0.29, 0.717) is 13.2 Å². The number of ether oxygens (including phenoxy) is 2. The van der Waals surface area contributed by atoms with E-state index >= 15 is 0 Å². The summed E-state index contributed by atoms with van der Waals surface area (Å²) in [5.74, 6) is 1.92. The largest absolute Gasteiger partial charge is 0.492 e. The molecule has 0 heterocycles. The number of allylic oxidation sites excluding steroid dienone is 4. The maximum Gasteiger partial charge on any atom is 0.122 e. The van der Waals surface area contributed by atoms with Gasteiger partial charge < -0.3 is 19.3 Å². The van der Waals surface area contributed by atoms with Gasteiger partial charge in [0.1, 0.15) is 24.7 Å². The average Bonchev–Trinajstić information content (AvgIpc) is 2.98. The molecular weight excluding hydrogens is 492 g/mol. The second-order valence-electron chi connectivity index (χ2n) is 10.0. The molecule has 0 aliphatic rings. The van der Waals surface area contributed by atoms with Crippen LogP contribution in [0.25, 0.3) is 11.1 Å². The molecule has 0 amide bonds. The van der Waals surface area contributed by atoms with E-state index in [9.17, 15) is 0 Å². The molecule has 4 heteroatoms. The summed E-state index contributed by atoms with van der Waals surface area (Å²) in [7, 11) is 0. The van der Waals surface area contributed by atoms with E-state index < -0.39 is 0 Å². The Kier molecular flexibility index (Phi) is 15.5. The second kappa shape index (κ2) is 18.5. The maximum absolute atomic E-state index is 6.25. The lowest BCUT2D eigenvalue weighted by atomic mass is 9.89.